The molecule has 0 aromatic rings. The molecule has 0 rings (SSSR count). The van der Waals surface area contributed by atoms with Gasteiger partial charge in [0.05, 0.1) is 25.7 Å². The Bertz CT molecular complexity index is 310. The van der Waals surface area contributed by atoms with Crippen LogP contribution in [0.3, 0.4) is 0 Å². The van der Waals surface area contributed by atoms with Gasteiger partial charge in [-0.05, 0) is 27.7 Å². The number of carbonyl (C=O) groups is 1. The van der Waals surface area contributed by atoms with Crippen LogP contribution >= 0.6 is 8.53 Å². The van der Waals surface area contributed by atoms with E-state index in [4.69, 9.17) is 14.3 Å². The number of amides is 1. The van der Waals surface area contributed by atoms with Gasteiger partial charge < -0.3 is 14.4 Å². The average Bonchev–Trinajstić information content (AvgIpc) is 2.33. The molecule has 0 bridgehead atoms. The van der Waals surface area contributed by atoms with E-state index in [2.05, 4.69) is 43.8 Å². The second-order valence-electron chi connectivity index (χ2n) is 4.86. The normalized spacial score (nSPS) is 12.8. The highest BCUT2D eigenvalue weighted by Crippen LogP contribution is 2.45. The molecule has 7 heteroatoms. The monoisotopic (exact) mass is 303 g/mol. The van der Waals surface area contributed by atoms with Crippen LogP contribution in [0.5, 0.6) is 0 Å². The van der Waals surface area contributed by atoms with E-state index in [-0.39, 0.29) is 18.0 Å². The quantitative estimate of drug-likeness (QED) is 0.495. The molecule has 0 saturated carbocycles. The molecule has 1 atom stereocenters. The van der Waals surface area contributed by atoms with E-state index >= 15 is 0 Å². The maximum absolute atomic E-state index is 10.8. The van der Waals surface area contributed by atoms with Crippen LogP contribution in [0.4, 0.5) is 0 Å². The van der Waals surface area contributed by atoms with E-state index in [0.29, 0.717) is 26.2 Å². The molecule has 6 nitrogen and oxygen atoms in total. The van der Waals surface area contributed by atoms with Crippen molar-refractivity contribution in [3.05, 3.63) is 0 Å². The SMILES string of the molecule is CC(=O)NCCOP(OCCC#N)N(C(C)C)C(C)C. The van der Waals surface area contributed by atoms with Crippen molar-refractivity contribution >= 4 is 14.4 Å². The van der Waals surface area contributed by atoms with Crippen LogP contribution in [-0.4, -0.2) is 42.4 Å². The van der Waals surface area contributed by atoms with Crippen LogP contribution in [0.2, 0.25) is 0 Å². The topological polar surface area (TPSA) is 74.6 Å². The summed E-state index contributed by atoms with van der Waals surface area (Å²) < 4.78 is 13.6. The van der Waals surface area contributed by atoms with E-state index in [1.165, 1.54) is 6.92 Å². The summed E-state index contributed by atoms with van der Waals surface area (Å²) in [4.78, 5) is 10.8. The third-order valence-electron chi connectivity index (χ3n) is 2.34. The van der Waals surface area contributed by atoms with Crippen LogP contribution in [0.25, 0.3) is 0 Å². The molecule has 0 spiro atoms. The van der Waals surface area contributed by atoms with Gasteiger partial charge in [0, 0.05) is 25.6 Å². The largest absolute Gasteiger partial charge is 0.354 e. The second-order valence-corrected chi connectivity index (χ2v) is 6.32. The highest BCUT2D eigenvalue weighted by atomic mass is 31.2. The van der Waals surface area contributed by atoms with Gasteiger partial charge in [0.2, 0.25) is 5.91 Å². The van der Waals surface area contributed by atoms with Gasteiger partial charge in [0.25, 0.3) is 8.53 Å². The van der Waals surface area contributed by atoms with E-state index in [1.807, 2.05) is 0 Å². The highest BCUT2D eigenvalue weighted by Gasteiger charge is 2.26. The highest BCUT2D eigenvalue weighted by molar-refractivity contribution is 7.44. The van der Waals surface area contributed by atoms with Crippen molar-refractivity contribution in [1.29, 1.82) is 5.26 Å². The number of nitrogens with one attached hydrogen (secondary N) is 1. The maximum atomic E-state index is 10.8. The summed E-state index contributed by atoms with van der Waals surface area (Å²) in [5.74, 6) is -0.0760. The maximum Gasteiger partial charge on any atom is 0.259 e. The molecule has 0 aliphatic rings. The fourth-order valence-corrected chi connectivity index (χ4v) is 3.25. The molecule has 0 aromatic carbocycles. The molecule has 20 heavy (non-hydrogen) atoms. The minimum absolute atomic E-state index is 0.0760. The van der Waals surface area contributed by atoms with Crippen molar-refractivity contribution < 1.29 is 13.8 Å². The first-order chi connectivity index (χ1) is 9.40. The van der Waals surface area contributed by atoms with Gasteiger partial charge >= 0.3 is 0 Å². The Morgan fingerprint density at radius 2 is 1.80 bits per heavy atom. The third-order valence-corrected chi connectivity index (χ3v) is 4.45. The Kier molecular flexibility index (Phi) is 10.6. The zero-order valence-electron chi connectivity index (χ0n) is 13.0. The number of hydrogen-bond donors (Lipinski definition) is 1. The van der Waals surface area contributed by atoms with Crippen molar-refractivity contribution in [3.63, 3.8) is 0 Å². The Morgan fingerprint density at radius 3 is 2.25 bits per heavy atom. The predicted molar refractivity (Wildman–Crippen MR) is 79.8 cm³/mol. The minimum atomic E-state index is -1.21. The lowest BCUT2D eigenvalue weighted by Gasteiger charge is -2.35. The lowest BCUT2D eigenvalue weighted by molar-refractivity contribution is -0.119. The average molecular weight is 303 g/mol. The van der Waals surface area contributed by atoms with E-state index in [0.717, 1.165) is 0 Å². The molecule has 0 fully saturated rings. The van der Waals surface area contributed by atoms with Gasteiger partial charge in [-0.25, -0.2) is 4.67 Å². The number of hydrogen-bond acceptors (Lipinski definition) is 5. The fraction of sp³-hybridized carbons (Fsp3) is 0.846. The summed E-state index contributed by atoms with van der Waals surface area (Å²) in [6.07, 6.45) is 0.345. The van der Waals surface area contributed by atoms with Crippen LogP contribution in [0.15, 0.2) is 0 Å². The van der Waals surface area contributed by atoms with Gasteiger partial charge in [-0.3, -0.25) is 4.79 Å². The summed E-state index contributed by atoms with van der Waals surface area (Å²) >= 11 is 0. The van der Waals surface area contributed by atoms with Crippen LogP contribution < -0.4 is 5.32 Å². The zero-order valence-corrected chi connectivity index (χ0v) is 13.9. The number of carbonyl (C=O) groups excluding carboxylic acids is 1. The Morgan fingerprint density at radius 1 is 1.25 bits per heavy atom. The van der Waals surface area contributed by atoms with Crippen LogP contribution in [0.1, 0.15) is 41.0 Å². The molecule has 0 saturated heterocycles. The first-order valence-corrected chi connectivity index (χ1v) is 7.98. The van der Waals surface area contributed by atoms with Crippen molar-refractivity contribution in [2.24, 2.45) is 0 Å². The van der Waals surface area contributed by atoms with E-state index in [9.17, 15) is 4.79 Å². The summed E-state index contributed by atoms with van der Waals surface area (Å²) in [5, 5.41) is 11.3. The standard InChI is InChI=1S/C13H26N3O3P/c1-11(2)16(12(3)4)20(18-9-6-7-14)19-10-8-15-13(5)17/h11-12H,6,8-10H2,1-5H3,(H,15,17). The van der Waals surface area contributed by atoms with Gasteiger partial charge in [-0.2, -0.15) is 5.26 Å². The zero-order chi connectivity index (χ0) is 15.5. The Balaban J connectivity index is 4.45. The first kappa shape index (κ1) is 19.3. The lowest BCUT2D eigenvalue weighted by Crippen LogP contribution is -2.34. The molecule has 0 heterocycles. The summed E-state index contributed by atoms with van der Waals surface area (Å²) in [6.45, 7) is 11.0. The summed E-state index contributed by atoms with van der Waals surface area (Å²) in [5.41, 5.74) is 0. The van der Waals surface area contributed by atoms with Crippen molar-refractivity contribution in [3.8, 4) is 6.07 Å². The minimum Gasteiger partial charge on any atom is -0.354 e. The molecule has 0 aliphatic carbocycles. The molecule has 0 radical (unpaired) electrons. The second kappa shape index (κ2) is 11.0. The van der Waals surface area contributed by atoms with Gasteiger partial charge in [-0.15, -0.1) is 0 Å². The molecule has 0 aliphatic heterocycles. The molecular formula is C13H26N3O3P. The molecule has 116 valence electrons. The molecule has 1 N–H and O–H groups in total. The first-order valence-electron chi connectivity index (χ1n) is 6.85. The van der Waals surface area contributed by atoms with Gasteiger partial charge in [-0.1, -0.05) is 0 Å². The van der Waals surface area contributed by atoms with E-state index < -0.39 is 8.53 Å². The summed E-state index contributed by atoms with van der Waals surface area (Å²) in [6, 6.07) is 2.62. The molecular weight excluding hydrogens is 277 g/mol. The Hall–Kier alpha value is -0.730. The number of rotatable bonds is 10. The van der Waals surface area contributed by atoms with Crippen molar-refractivity contribution in [2.45, 2.75) is 53.1 Å². The van der Waals surface area contributed by atoms with Crippen LogP contribution in [0, 0.1) is 11.3 Å². The van der Waals surface area contributed by atoms with Crippen molar-refractivity contribution in [2.75, 3.05) is 19.8 Å². The van der Waals surface area contributed by atoms with Crippen LogP contribution in [-0.2, 0) is 13.8 Å². The number of nitriles is 1. The molecule has 1 amide bonds. The van der Waals surface area contributed by atoms with Gasteiger partial charge in [0.1, 0.15) is 0 Å². The van der Waals surface area contributed by atoms with E-state index in [1.54, 1.807) is 0 Å². The molecule has 1 unspecified atom stereocenters. The fourth-order valence-electron chi connectivity index (χ4n) is 1.66. The van der Waals surface area contributed by atoms with Crippen molar-refractivity contribution in [1.82, 2.24) is 9.99 Å². The van der Waals surface area contributed by atoms with Gasteiger partial charge in [0.15, 0.2) is 0 Å². The summed E-state index contributed by atoms with van der Waals surface area (Å²) in [7, 11) is -1.21. The molecule has 0 aromatic heterocycles. The predicted octanol–water partition coefficient (Wildman–Crippen LogP) is 2.42. The Labute approximate surface area is 123 Å². The smallest absolute Gasteiger partial charge is 0.259 e. The number of nitrogens with zero attached hydrogens (tertiary/aromatic N) is 2. The lowest BCUT2D eigenvalue weighted by atomic mass is 10.3. The third kappa shape index (κ3) is 8.44.